The van der Waals surface area contributed by atoms with Crippen LogP contribution < -0.4 is 9.47 Å². The second-order valence-electron chi connectivity index (χ2n) is 6.37. The zero-order valence-electron chi connectivity index (χ0n) is 12.1. The molecule has 2 rings (SSSR count). The Morgan fingerprint density at radius 1 is 1.17 bits per heavy atom. The second-order valence-corrected chi connectivity index (χ2v) is 6.37. The smallest absolute Gasteiger partial charge is 0.165 e. The summed E-state index contributed by atoms with van der Waals surface area (Å²) in [5.74, 6) is 1.82. The molecule has 0 spiro atoms. The van der Waals surface area contributed by atoms with Gasteiger partial charge in [-0.3, -0.25) is 0 Å². The molecular weight excluding hydrogens is 224 g/mol. The number of rotatable bonds is 4. The molecule has 100 valence electrons. The highest BCUT2D eigenvalue weighted by Gasteiger charge is 2.28. The second kappa shape index (κ2) is 4.83. The lowest BCUT2D eigenvalue weighted by atomic mass is 9.86. The van der Waals surface area contributed by atoms with E-state index in [-0.39, 0.29) is 11.5 Å². The van der Waals surface area contributed by atoms with Gasteiger partial charge < -0.3 is 9.47 Å². The van der Waals surface area contributed by atoms with Crippen molar-refractivity contribution in [1.82, 2.24) is 0 Å². The molecule has 0 bridgehead atoms. The van der Waals surface area contributed by atoms with Crippen LogP contribution in [0.5, 0.6) is 11.5 Å². The standard InChI is InChI=1S/C16H24O2/c1-11(2)17-15-13(16(3,4)5)7-6-8-14(15)18-12-9-10-12/h6-8,11-12H,9-10H2,1-5H3. The molecule has 1 aliphatic rings. The summed E-state index contributed by atoms with van der Waals surface area (Å²) < 4.78 is 12.0. The number of hydrogen-bond donors (Lipinski definition) is 0. The van der Waals surface area contributed by atoms with E-state index >= 15 is 0 Å². The summed E-state index contributed by atoms with van der Waals surface area (Å²) in [5, 5.41) is 0. The number of para-hydroxylation sites is 1. The van der Waals surface area contributed by atoms with Crippen molar-refractivity contribution in [2.24, 2.45) is 0 Å². The fourth-order valence-electron chi connectivity index (χ4n) is 1.92. The summed E-state index contributed by atoms with van der Waals surface area (Å²) in [5.41, 5.74) is 1.28. The van der Waals surface area contributed by atoms with Gasteiger partial charge in [0.25, 0.3) is 0 Å². The molecule has 0 atom stereocenters. The summed E-state index contributed by atoms with van der Waals surface area (Å²) in [6, 6.07) is 6.22. The van der Waals surface area contributed by atoms with Crippen molar-refractivity contribution in [2.45, 2.75) is 65.1 Å². The number of benzene rings is 1. The average Bonchev–Trinajstić information content (AvgIpc) is 3.02. The highest BCUT2D eigenvalue weighted by Crippen LogP contribution is 2.41. The lowest BCUT2D eigenvalue weighted by Gasteiger charge is -2.25. The SMILES string of the molecule is CC(C)Oc1c(OC2CC2)cccc1C(C)(C)C. The Kier molecular flexibility index (Phi) is 3.56. The van der Waals surface area contributed by atoms with E-state index in [0.717, 1.165) is 11.5 Å². The van der Waals surface area contributed by atoms with E-state index in [9.17, 15) is 0 Å². The topological polar surface area (TPSA) is 18.5 Å². The van der Waals surface area contributed by atoms with Crippen molar-refractivity contribution >= 4 is 0 Å². The Bertz CT molecular complexity index is 412. The molecule has 0 aromatic heterocycles. The summed E-state index contributed by atoms with van der Waals surface area (Å²) in [6.07, 6.45) is 2.90. The maximum atomic E-state index is 6.01. The normalized spacial score (nSPS) is 15.9. The van der Waals surface area contributed by atoms with E-state index in [1.807, 2.05) is 6.07 Å². The molecular formula is C16H24O2. The molecule has 0 aliphatic heterocycles. The van der Waals surface area contributed by atoms with Crippen LogP contribution in [-0.2, 0) is 5.41 Å². The lowest BCUT2D eigenvalue weighted by Crippen LogP contribution is -2.17. The van der Waals surface area contributed by atoms with Gasteiger partial charge in [-0.25, -0.2) is 0 Å². The molecule has 1 aromatic rings. The van der Waals surface area contributed by atoms with Crippen molar-refractivity contribution in [1.29, 1.82) is 0 Å². The summed E-state index contributed by atoms with van der Waals surface area (Å²) in [7, 11) is 0. The zero-order chi connectivity index (χ0) is 13.3. The summed E-state index contributed by atoms with van der Waals surface area (Å²) in [6.45, 7) is 10.7. The van der Waals surface area contributed by atoms with Gasteiger partial charge in [0.2, 0.25) is 0 Å². The first-order valence-corrected chi connectivity index (χ1v) is 6.84. The predicted octanol–water partition coefficient (Wildman–Crippen LogP) is 4.31. The lowest BCUT2D eigenvalue weighted by molar-refractivity contribution is 0.212. The molecule has 1 fully saturated rings. The third-order valence-electron chi connectivity index (χ3n) is 2.96. The first-order valence-electron chi connectivity index (χ1n) is 6.84. The van der Waals surface area contributed by atoms with E-state index in [4.69, 9.17) is 9.47 Å². The maximum absolute atomic E-state index is 6.01. The Labute approximate surface area is 110 Å². The van der Waals surface area contributed by atoms with Gasteiger partial charge in [0, 0.05) is 5.56 Å². The van der Waals surface area contributed by atoms with Gasteiger partial charge in [-0.15, -0.1) is 0 Å². The molecule has 1 saturated carbocycles. The molecule has 0 unspecified atom stereocenters. The van der Waals surface area contributed by atoms with Crippen molar-refractivity contribution in [3.8, 4) is 11.5 Å². The van der Waals surface area contributed by atoms with Crippen LogP contribution in [-0.4, -0.2) is 12.2 Å². The predicted molar refractivity (Wildman–Crippen MR) is 74.6 cm³/mol. The molecule has 2 heteroatoms. The quantitative estimate of drug-likeness (QED) is 0.790. The van der Waals surface area contributed by atoms with E-state index in [1.165, 1.54) is 18.4 Å². The van der Waals surface area contributed by atoms with Gasteiger partial charge in [0.1, 0.15) is 0 Å². The molecule has 2 nitrogen and oxygen atoms in total. The fourth-order valence-corrected chi connectivity index (χ4v) is 1.92. The molecule has 0 radical (unpaired) electrons. The fraction of sp³-hybridized carbons (Fsp3) is 0.625. The van der Waals surface area contributed by atoms with Gasteiger partial charge in [0.15, 0.2) is 11.5 Å². The monoisotopic (exact) mass is 248 g/mol. The largest absolute Gasteiger partial charge is 0.487 e. The van der Waals surface area contributed by atoms with Gasteiger partial charge in [0.05, 0.1) is 12.2 Å². The first-order chi connectivity index (χ1) is 8.38. The van der Waals surface area contributed by atoms with Crippen LogP contribution in [0.1, 0.15) is 53.0 Å². The first kappa shape index (κ1) is 13.3. The Morgan fingerprint density at radius 3 is 2.33 bits per heavy atom. The maximum Gasteiger partial charge on any atom is 0.165 e. The van der Waals surface area contributed by atoms with Gasteiger partial charge in [-0.2, -0.15) is 0 Å². The van der Waals surface area contributed by atoms with Crippen LogP contribution in [0.25, 0.3) is 0 Å². The summed E-state index contributed by atoms with van der Waals surface area (Å²) in [4.78, 5) is 0. The molecule has 18 heavy (non-hydrogen) atoms. The van der Waals surface area contributed by atoms with Gasteiger partial charge in [-0.1, -0.05) is 32.9 Å². The Hall–Kier alpha value is -1.18. The van der Waals surface area contributed by atoms with Gasteiger partial charge >= 0.3 is 0 Å². The minimum Gasteiger partial charge on any atom is -0.487 e. The highest BCUT2D eigenvalue weighted by molar-refractivity contribution is 5.50. The summed E-state index contributed by atoms with van der Waals surface area (Å²) >= 11 is 0. The molecule has 0 heterocycles. The van der Waals surface area contributed by atoms with E-state index in [1.54, 1.807) is 0 Å². The number of ether oxygens (including phenoxy) is 2. The van der Waals surface area contributed by atoms with Crippen molar-refractivity contribution < 1.29 is 9.47 Å². The number of hydrogen-bond acceptors (Lipinski definition) is 2. The third kappa shape index (κ3) is 3.18. The van der Waals surface area contributed by atoms with Crippen molar-refractivity contribution in [3.05, 3.63) is 23.8 Å². The van der Waals surface area contributed by atoms with Crippen LogP contribution in [0.4, 0.5) is 0 Å². The average molecular weight is 248 g/mol. The minimum absolute atomic E-state index is 0.0626. The Balaban J connectivity index is 2.37. The van der Waals surface area contributed by atoms with E-state index in [2.05, 4.69) is 46.8 Å². The minimum atomic E-state index is 0.0626. The zero-order valence-corrected chi connectivity index (χ0v) is 12.1. The molecule has 1 aliphatic carbocycles. The van der Waals surface area contributed by atoms with Crippen molar-refractivity contribution in [3.63, 3.8) is 0 Å². The van der Waals surface area contributed by atoms with Crippen LogP contribution in [0.3, 0.4) is 0 Å². The van der Waals surface area contributed by atoms with Crippen LogP contribution in [0.2, 0.25) is 0 Å². The molecule has 0 saturated heterocycles. The van der Waals surface area contributed by atoms with Crippen LogP contribution in [0, 0.1) is 0 Å². The van der Waals surface area contributed by atoms with Crippen LogP contribution in [0.15, 0.2) is 18.2 Å². The molecule has 1 aromatic carbocycles. The Morgan fingerprint density at radius 2 is 1.83 bits per heavy atom. The van der Waals surface area contributed by atoms with E-state index in [0.29, 0.717) is 6.10 Å². The third-order valence-corrected chi connectivity index (χ3v) is 2.96. The highest BCUT2D eigenvalue weighted by atomic mass is 16.5. The van der Waals surface area contributed by atoms with E-state index < -0.39 is 0 Å². The van der Waals surface area contributed by atoms with Crippen LogP contribution >= 0.6 is 0 Å². The molecule has 0 amide bonds. The molecule has 0 N–H and O–H groups in total. The van der Waals surface area contributed by atoms with Gasteiger partial charge in [-0.05, 0) is 38.2 Å². The van der Waals surface area contributed by atoms with Crippen molar-refractivity contribution in [2.75, 3.05) is 0 Å².